The van der Waals surface area contributed by atoms with Gasteiger partial charge in [-0.25, -0.2) is 12.8 Å². The molecule has 0 bridgehead atoms. The molecule has 6 nitrogen and oxygen atoms in total. The van der Waals surface area contributed by atoms with Crippen LogP contribution in [0.5, 0.6) is 0 Å². The molecule has 0 spiro atoms. The summed E-state index contributed by atoms with van der Waals surface area (Å²) in [5.41, 5.74) is 1.36. The van der Waals surface area contributed by atoms with E-state index in [0.717, 1.165) is 22.2 Å². The summed E-state index contributed by atoms with van der Waals surface area (Å²) in [6.07, 6.45) is 1.40. The minimum absolute atomic E-state index is 0.0975. The number of benzene rings is 2. The number of hydrogen-bond donors (Lipinski definition) is 1. The van der Waals surface area contributed by atoms with Crippen molar-refractivity contribution in [1.82, 2.24) is 0 Å². The number of amides is 1. The van der Waals surface area contributed by atoms with Crippen LogP contribution >= 0.6 is 11.6 Å². The third-order valence-electron chi connectivity index (χ3n) is 3.99. The fraction of sp³-hybridized carbons (Fsp3) is 0.263. The molecule has 0 heterocycles. The highest BCUT2D eigenvalue weighted by Gasteiger charge is 2.32. The zero-order chi connectivity index (χ0) is 20.9. The Morgan fingerprint density at radius 2 is 1.93 bits per heavy atom. The molecule has 0 fully saturated rings. The zero-order valence-corrected chi connectivity index (χ0v) is 16.9. The Bertz CT molecular complexity index is 1000. The Labute approximate surface area is 168 Å². The molecule has 1 amide bonds. The lowest BCUT2D eigenvalue weighted by molar-refractivity contribution is -0.117. The average molecular weight is 424 g/mol. The Kier molecular flexibility index (Phi) is 7.00. The van der Waals surface area contributed by atoms with Crippen molar-refractivity contribution in [1.29, 1.82) is 5.26 Å². The van der Waals surface area contributed by atoms with Gasteiger partial charge in [0.1, 0.15) is 11.9 Å². The molecule has 0 aliphatic heterocycles. The van der Waals surface area contributed by atoms with Gasteiger partial charge in [0.2, 0.25) is 15.9 Å². The summed E-state index contributed by atoms with van der Waals surface area (Å²) in [5, 5.41) is 11.1. The molecule has 0 aliphatic rings. The number of nitrogens with zero attached hydrogens (tertiary/aromatic N) is 2. The van der Waals surface area contributed by atoms with E-state index >= 15 is 0 Å². The molecule has 2 rings (SSSR count). The molecular formula is C19H19ClFN3O3S. The number of carbonyl (C=O) groups is 1. The van der Waals surface area contributed by atoms with Crippen molar-refractivity contribution in [2.75, 3.05) is 15.9 Å². The van der Waals surface area contributed by atoms with Crippen molar-refractivity contribution in [3.05, 3.63) is 58.9 Å². The average Bonchev–Trinajstić information content (AvgIpc) is 2.63. The van der Waals surface area contributed by atoms with Crippen LogP contribution in [0.1, 0.15) is 18.9 Å². The molecule has 28 heavy (non-hydrogen) atoms. The van der Waals surface area contributed by atoms with Gasteiger partial charge < -0.3 is 5.32 Å². The van der Waals surface area contributed by atoms with Crippen molar-refractivity contribution in [2.45, 2.75) is 25.8 Å². The smallest absolute Gasteiger partial charge is 0.248 e. The minimum atomic E-state index is -3.85. The number of sulfonamides is 1. The highest BCUT2D eigenvalue weighted by molar-refractivity contribution is 7.92. The summed E-state index contributed by atoms with van der Waals surface area (Å²) in [5.74, 6) is -1.23. The largest absolute Gasteiger partial charge is 0.324 e. The van der Waals surface area contributed by atoms with Crippen molar-refractivity contribution < 1.29 is 17.6 Å². The Morgan fingerprint density at radius 1 is 1.29 bits per heavy atom. The van der Waals surface area contributed by atoms with E-state index in [9.17, 15) is 17.6 Å². The van der Waals surface area contributed by atoms with Crippen molar-refractivity contribution >= 4 is 38.9 Å². The van der Waals surface area contributed by atoms with E-state index in [1.54, 1.807) is 31.2 Å². The molecule has 0 saturated heterocycles. The van der Waals surface area contributed by atoms with Gasteiger partial charge in [-0.1, -0.05) is 30.7 Å². The number of nitriles is 1. The van der Waals surface area contributed by atoms with E-state index in [0.29, 0.717) is 5.69 Å². The summed E-state index contributed by atoms with van der Waals surface area (Å²) in [4.78, 5) is 12.8. The van der Waals surface area contributed by atoms with Crippen LogP contribution in [-0.2, 0) is 21.2 Å². The number of nitrogens with one attached hydrogen (secondary N) is 1. The summed E-state index contributed by atoms with van der Waals surface area (Å²) in [7, 11) is -3.85. The van der Waals surface area contributed by atoms with Crippen LogP contribution in [0.15, 0.2) is 42.5 Å². The molecule has 9 heteroatoms. The normalized spacial score (nSPS) is 12.1. The number of carbonyl (C=O) groups excluding carboxylic acids is 1. The molecule has 0 aliphatic carbocycles. The molecule has 0 aromatic heterocycles. The summed E-state index contributed by atoms with van der Waals surface area (Å²) < 4.78 is 39.2. The van der Waals surface area contributed by atoms with Crippen LogP contribution in [0, 0.1) is 17.1 Å². The van der Waals surface area contributed by atoms with Crippen molar-refractivity contribution in [2.24, 2.45) is 0 Å². The van der Waals surface area contributed by atoms with Crippen LogP contribution in [0.3, 0.4) is 0 Å². The minimum Gasteiger partial charge on any atom is -0.324 e. The second-order valence-corrected chi connectivity index (χ2v) is 8.37. The van der Waals surface area contributed by atoms with Crippen LogP contribution in [0.2, 0.25) is 5.02 Å². The van der Waals surface area contributed by atoms with E-state index in [1.807, 2.05) is 6.07 Å². The van der Waals surface area contributed by atoms with Crippen molar-refractivity contribution in [3.63, 3.8) is 0 Å². The maximum absolute atomic E-state index is 13.5. The Hall–Kier alpha value is -2.63. The SMILES string of the molecule is CC[C@@H](C(=O)Nc1ccc(CC#N)cc1)N(c1ccc(F)c(Cl)c1)S(C)(=O)=O. The highest BCUT2D eigenvalue weighted by atomic mass is 35.5. The van der Waals surface area contributed by atoms with E-state index in [-0.39, 0.29) is 23.6 Å². The first kappa shape index (κ1) is 21.7. The number of halogens is 2. The van der Waals surface area contributed by atoms with Gasteiger partial charge in [0.05, 0.1) is 29.5 Å². The second-order valence-electron chi connectivity index (χ2n) is 6.10. The first-order valence-electron chi connectivity index (χ1n) is 8.38. The number of anilines is 2. The van der Waals surface area contributed by atoms with Gasteiger partial charge >= 0.3 is 0 Å². The van der Waals surface area contributed by atoms with Gasteiger partial charge in [-0.2, -0.15) is 5.26 Å². The third kappa shape index (κ3) is 5.21. The molecule has 2 aromatic rings. The predicted molar refractivity (Wildman–Crippen MR) is 107 cm³/mol. The van der Waals surface area contributed by atoms with Gasteiger partial charge in [0, 0.05) is 5.69 Å². The zero-order valence-electron chi connectivity index (χ0n) is 15.3. The Morgan fingerprint density at radius 3 is 2.43 bits per heavy atom. The summed E-state index contributed by atoms with van der Waals surface area (Å²) >= 11 is 5.79. The topological polar surface area (TPSA) is 90.3 Å². The number of hydrogen-bond acceptors (Lipinski definition) is 4. The first-order valence-corrected chi connectivity index (χ1v) is 10.6. The predicted octanol–water partition coefficient (Wildman–Crippen LogP) is 3.73. The van der Waals surface area contributed by atoms with Crippen LogP contribution < -0.4 is 9.62 Å². The summed E-state index contributed by atoms with van der Waals surface area (Å²) in [6.45, 7) is 1.67. The third-order valence-corrected chi connectivity index (χ3v) is 5.46. The summed E-state index contributed by atoms with van der Waals surface area (Å²) in [6, 6.07) is 11.1. The van der Waals surface area contributed by atoms with Crippen LogP contribution in [0.25, 0.3) is 0 Å². The fourth-order valence-electron chi connectivity index (χ4n) is 2.71. The standard InChI is InChI=1S/C19H19ClFN3O3S/c1-3-18(19(25)23-14-6-4-13(5-7-14)10-11-22)24(28(2,26)27)15-8-9-17(21)16(20)12-15/h4-9,12,18H,3,10H2,1-2H3,(H,23,25)/t18-/m0/s1. The fourth-order valence-corrected chi connectivity index (χ4v) is 4.08. The van der Waals surface area contributed by atoms with Gasteiger partial charge in [0.25, 0.3) is 0 Å². The molecule has 148 valence electrons. The van der Waals surface area contributed by atoms with Gasteiger partial charge in [-0.3, -0.25) is 9.10 Å². The lowest BCUT2D eigenvalue weighted by atomic mass is 10.1. The molecule has 0 unspecified atom stereocenters. The van der Waals surface area contributed by atoms with Gasteiger partial charge in [0.15, 0.2) is 0 Å². The second kappa shape index (κ2) is 9.04. The van der Waals surface area contributed by atoms with E-state index in [1.165, 1.54) is 12.1 Å². The lowest BCUT2D eigenvalue weighted by Crippen LogP contribution is -2.47. The Balaban J connectivity index is 2.33. The van der Waals surface area contributed by atoms with Crippen LogP contribution in [0.4, 0.5) is 15.8 Å². The van der Waals surface area contributed by atoms with E-state index in [2.05, 4.69) is 5.32 Å². The quantitative estimate of drug-likeness (QED) is 0.734. The highest BCUT2D eigenvalue weighted by Crippen LogP contribution is 2.27. The molecule has 0 saturated carbocycles. The maximum atomic E-state index is 13.5. The molecule has 0 radical (unpaired) electrons. The van der Waals surface area contributed by atoms with Crippen LogP contribution in [-0.4, -0.2) is 26.6 Å². The van der Waals surface area contributed by atoms with Gasteiger partial charge in [-0.15, -0.1) is 0 Å². The first-order chi connectivity index (χ1) is 13.2. The van der Waals surface area contributed by atoms with Gasteiger partial charge in [-0.05, 0) is 42.3 Å². The van der Waals surface area contributed by atoms with E-state index in [4.69, 9.17) is 16.9 Å². The monoisotopic (exact) mass is 423 g/mol. The maximum Gasteiger partial charge on any atom is 0.248 e. The van der Waals surface area contributed by atoms with E-state index < -0.39 is 27.8 Å². The molecule has 2 aromatic carbocycles. The number of rotatable bonds is 7. The van der Waals surface area contributed by atoms with Crippen molar-refractivity contribution in [3.8, 4) is 6.07 Å². The molecule has 1 atom stereocenters. The molecule has 1 N–H and O–H groups in total. The molecular weight excluding hydrogens is 405 g/mol. The lowest BCUT2D eigenvalue weighted by Gasteiger charge is -2.30.